The number of carbonyl (C=O) groups is 1. The van der Waals surface area contributed by atoms with Crippen molar-refractivity contribution < 1.29 is 9.53 Å². The van der Waals surface area contributed by atoms with Crippen molar-refractivity contribution in [3.63, 3.8) is 0 Å². The van der Waals surface area contributed by atoms with Gasteiger partial charge in [-0.05, 0) is 50.4 Å². The zero-order valence-electron chi connectivity index (χ0n) is 16.1. The molecule has 2 aromatic rings. The summed E-state index contributed by atoms with van der Waals surface area (Å²) >= 11 is 1.76. The molecule has 0 bridgehead atoms. The van der Waals surface area contributed by atoms with Crippen LogP contribution in [0.15, 0.2) is 23.7 Å². The summed E-state index contributed by atoms with van der Waals surface area (Å²) in [6.07, 6.45) is 5.20. The molecule has 1 N–H and O–H groups in total. The standard InChI is InChI=1S/C20H28N4O2S/c1-3-20-23-17(14-27-20)13-24-8-6-15(7-9-24)11-22-19(25)10-16-4-5-18(26-2)12-21-16/h4-5,12,14-15H,3,6-11,13H2,1-2H3,(H,22,25). The minimum absolute atomic E-state index is 0.0321. The van der Waals surface area contributed by atoms with Crippen molar-refractivity contribution in [3.05, 3.63) is 40.1 Å². The van der Waals surface area contributed by atoms with Crippen LogP contribution in [0.5, 0.6) is 5.75 Å². The molecule has 0 aliphatic carbocycles. The van der Waals surface area contributed by atoms with Crippen molar-refractivity contribution in [2.75, 3.05) is 26.7 Å². The van der Waals surface area contributed by atoms with Crippen molar-refractivity contribution in [1.82, 2.24) is 20.2 Å². The van der Waals surface area contributed by atoms with Crippen LogP contribution < -0.4 is 10.1 Å². The summed E-state index contributed by atoms with van der Waals surface area (Å²) in [6.45, 7) is 5.98. The van der Waals surface area contributed by atoms with E-state index in [-0.39, 0.29) is 5.91 Å². The lowest BCUT2D eigenvalue weighted by atomic mass is 9.96. The van der Waals surface area contributed by atoms with E-state index in [0.29, 0.717) is 18.1 Å². The Morgan fingerprint density at radius 2 is 2.15 bits per heavy atom. The van der Waals surface area contributed by atoms with E-state index in [1.807, 2.05) is 12.1 Å². The normalized spacial score (nSPS) is 15.6. The molecule has 1 amide bonds. The highest BCUT2D eigenvalue weighted by molar-refractivity contribution is 7.09. The Kier molecular flexibility index (Phi) is 7.18. The monoisotopic (exact) mass is 388 g/mol. The van der Waals surface area contributed by atoms with Gasteiger partial charge in [0.05, 0.1) is 30.4 Å². The number of nitrogens with zero attached hydrogens (tertiary/aromatic N) is 3. The molecule has 0 radical (unpaired) electrons. The Bertz CT molecular complexity index is 724. The van der Waals surface area contributed by atoms with Crippen molar-refractivity contribution in [2.24, 2.45) is 5.92 Å². The summed E-state index contributed by atoms with van der Waals surface area (Å²) in [5.74, 6) is 1.29. The van der Waals surface area contributed by atoms with Crippen molar-refractivity contribution >= 4 is 17.2 Å². The Labute approximate surface area is 165 Å². The predicted octanol–water partition coefficient (Wildman–Crippen LogP) is 2.68. The van der Waals surface area contributed by atoms with Gasteiger partial charge in [0.15, 0.2) is 0 Å². The van der Waals surface area contributed by atoms with Gasteiger partial charge in [-0.2, -0.15) is 0 Å². The molecule has 146 valence electrons. The molecule has 1 aliphatic rings. The summed E-state index contributed by atoms with van der Waals surface area (Å²) in [6, 6.07) is 3.66. The summed E-state index contributed by atoms with van der Waals surface area (Å²) in [7, 11) is 1.61. The molecule has 1 saturated heterocycles. The SMILES string of the molecule is CCc1nc(CN2CCC(CNC(=O)Cc3ccc(OC)cn3)CC2)cs1. The molecule has 0 aromatic carbocycles. The van der Waals surface area contributed by atoms with E-state index < -0.39 is 0 Å². The van der Waals surface area contributed by atoms with Gasteiger partial charge in [0.25, 0.3) is 0 Å². The summed E-state index contributed by atoms with van der Waals surface area (Å²) < 4.78 is 5.08. The van der Waals surface area contributed by atoms with Gasteiger partial charge >= 0.3 is 0 Å². The van der Waals surface area contributed by atoms with Crippen LogP contribution in [0.1, 0.15) is 36.2 Å². The van der Waals surface area contributed by atoms with Crippen LogP contribution in [0, 0.1) is 5.92 Å². The first kappa shape index (κ1) is 19.8. The van der Waals surface area contributed by atoms with E-state index in [0.717, 1.165) is 51.1 Å². The number of methoxy groups -OCH3 is 1. The first-order valence-electron chi connectivity index (χ1n) is 9.57. The third-order valence-electron chi connectivity index (χ3n) is 4.96. The lowest BCUT2D eigenvalue weighted by Gasteiger charge is -2.31. The van der Waals surface area contributed by atoms with Gasteiger partial charge < -0.3 is 10.1 Å². The number of aromatic nitrogens is 2. The molecule has 1 aliphatic heterocycles. The van der Waals surface area contributed by atoms with Crippen LogP contribution in [0.3, 0.4) is 0 Å². The van der Waals surface area contributed by atoms with Gasteiger partial charge in [-0.15, -0.1) is 11.3 Å². The number of ether oxygens (including phenoxy) is 1. The van der Waals surface area contributed by atoms with Gasteiger partial charge in [-0.3, -0.25) is 14.7 Å². The maximum atomic E-state index is 12.1. The van der Waals surface area contributed by atoms with Gasteiger partial charge in [-0.25, -0.2) is 4.98 Å². The number of amides is 1. The first-order valence-corrected chi connectivity index (χ1v) is 10.5. The van der Waals surface area contributed by atoms with E-state index in [9.17, 15) is 4.79 Å². The Morgan fingerprint density at radius 1 is 1.33 bits per heavy atom. The van der Waals surface area contributed by atoms with Crippen LogP contribution in [0.2, 0.25) is 0 Å². The second kappa shape index (κ2) is 9.80. The lowest BCUT2D eigenvalue weighted by Crippen LogP contribution is -2.38. The van der Waals surface area contributed by atoms with Crippen molar-refractivity contribution in [3.8, 4) is 5.75 Å². The van der Waals surface area contributed by atoms with Crippen LogP contribution in [0.4, 0.5) is 0 Å². The van der Waals surface area contributed by atoms with Crippen LogP contribution in [0.25, 0.3) is 0 Å². The van der Waals surface area contributed by atoms with Crippen molar-refractivity contribution in [1.29, 1.82) is 0 Å². The average Bonchev–Trinajstić information content (AvgIpc) is 3.15. The second-order valence-corrected chi connectivity index (χ2v) is 7.92. The number of piperidine rings is 1. The number of pyridine rings is 1. The zero-order valence-corrected chi connectivity index (χ0v) is 16.9. The molecule has 6 nitrogen and oxygen atoms in total. The fourth-order valence-electron chi connectivity index (χ4n) is 3.28. The van der Waals surface area contributed by atoms with Gasteiger partial charge in [0.1, 0.15) is 5.75 Å². The van der Waals surface area contributed by atoms with Crippen LogP contribution >= 0.6 is 11.3 Å². The molecule has 0 saturated carbocycles. The molecule has 0 atom stereocenters. The third kappa shape index (κ3) is 6.01. The predicted molar refractivity (Wildman–Crippen MR) is 107 cm³/mol. The van der Waals surface area contributed by atoms with E-state index in [1.165, 1.54) is 10.7 Å². The Hall–Kier alpha value is -1.99. The van der Waals surface area contributed by atoms with Gasteiger partial charge in [-0.1, -0.05) is 6.92 Å². The summed E-state index contributed by atoms with van der Waals surface area (Å²) in [5, 5.41) is 6.46. The third-order valence-corrected chi connectivity index (χ3v) is 6.00. The molecule has 3 rings (SSSR count). The number of hydrogen-bond acceptors (Lipinski definition) is 6. The molecule has 27 heavy (non-hydrogen) atoms. The highest BCUT2D eigenvalue weighted by Gasteiger charge is 2.20. The fourth-order valence-corrected chi connectivity index (χ4v) is 4.02. The molecular formula is C20H28N4O2S. The quantitative estimate of drug-likeness (QED) is 0.753. The summed E-state index contributed by atoms with van der Waals surface area (Å²) in [5.41, 5.74) is 1.95. The zero-order chi connectivity index (χ0) is 19.1. The lowest BCUT2D eigenvalue weighted by molar-refractivity contribution is -0.120. The maximum absolute atomic E-state index is 12.1. The number of thiazole rings is 1. The first-order chi connectivity index (χ1) is 13.2. The summed E-state index contributed by atoms with van der Waals surface area (Å²) in [4.78, 5) is 23.5. The maximum Gasteiger partial charge on any atom is 0.226 e. The van der Waals surface area contributed by atoms with Crippen molar-refractivity contribution in [2.45, 2.75) is 39.2 Å². The van der Waals surface area contributed by atoms with Gasteiger partial charge in [0.2, 0.25) is 5.91 Å². The van der Waals surface area contributed by atoms with E-state index in [2.05, 4.69) is 32.5 Å². The number of nitrogens with one attached hydrogen (secondary N) is 1. The number of hydrogen-bond donors (Lipinski definition) is 1. The Morgan fingerprint density at radius 3 is 2.78 bits per heavy atom. The fraction of sp³-hybridized carbons (Fsp3) is 0.550. The molecule has 0 unspecified atom stereocenters. The van der Waals surface area contributed by atoms with E-state index >= 15 is 0 Å². The Balaban J connectivity index is 1.35. The number of aryl methyl sites for hydroxylation is 1. The topological polar surface area (TPSA) is 67.4 Å². The molecule has 0 spiro atoms. The molecule has 2 aromatic heterocycles. The highest BCUT2D eigenvalue weighted by Crippen LogP contribution is 2.19. The minimum atomic E-state index is 0.0321. The smallest absolute Gasteiger partial charge is 0.226 e. The van der Waals surface area contributed by atoms with E-state index in [4.69, 9.17) is 4.74 Å². The number of likely N-dealkylation sites (tertiary alicyclic amines) is 1. The molecular weight excluding hydrogens is 360 g/mol. The second-order valence-electron chi connectivity index (χ2n) is 6.98. The minimum Gasteiger partial charge on any atom is -0.495 e. The van der Waals surface area contributed by atoms with Gasteiger partial charge in [0, 0.05) is 24.2 Å². The van der Waals surface area contributed by atoms with Crippen LogP contribution in [-0.2, 0) is 24.2 Å². The molecule has 1 fully saturated rings. The molecule has 7 heteroatoms. The largest absolute Gasteiger partial charge is 0.495 e. The van der Waals surface area contributed by atoms with E-state index in [1.54, 1.807) is 24.6 Å². The van der Waals surface area contributed by atoms with Crippen LogP contribution in [-0.4, -0.2) is 47.5 Å². The highest BCUT2D eigenvalue weighted by atomic mass is 32.1. The number of carbonyl (C=O) groups excluding carboxylic acids is 1. The molecule has 3 heterocycles. The average molecular weight is 389 g/mol. The number of rotatable bonds is 8.